The zero-order valence-electron chi connectivity index (χ0n) is 22.8. The van der Waals surface area contributed by atoms with Crippen LogP contribution < -0.4 is 0 Å². The number of halogens is 1. The van der Waals surface area contributed by atoms with Gasteiger partial charge in [-0.25, -0.2) is 4.39 Å². The third-order valence-electron chi connectivity index (χ3n) is 5.48. The predicted molar refractivity (Wildman–Crippen MR) is 131 cm³/mol. The van der Waals surface area contributed by atoms with E-state index < -0.39 is 56.5 Å². The van der Waals surface area contributed by atoms with Crippen molar-refractivity contribution in [1.82, 2.24) is 0 Å². The molecular weight excluding hydrogens is 463 g/mol. The van der Waals surface area contributed by atoms with Crippen molar-refractivity contribution >= 4 is 5.97 Å². The van der Waals surface area contributed by atoms with Crippen molar-refractivity contribution in [3.8, 4) is 0 Å². The second-order valence-electron chi connectivity index (χ2n) is 8.22. The molecule has 36 heavy (non-hydrogen) atoms. The average Bonchev–Trinajstić information content (AvgIpc) is 2.96. The van der Waals surface area contributed by atoms with Gasteiger partial charge in [-0.1, -0.05) is 91.0 Å². The molecule has 3 aromatic rings. The van der Waals surface area contributed by atoms with Gasteiger partial charge in [0.2, 0.25) is 6.36 Å². The van der Waals surface area contributed by atoms with E-state index in [4.69, 9.17) is 27.8 Å². The maximum absolute atomic E-state index is 15.4. The molecule has 0 spiro atoms. The summed E-state index contributed by atoms with van der Waals surface area (Å²) in [7, 11) is 0. The summed E-state index contributed by atoms with van der Waals surface area (Å²) in [5.41, 5.74) is 1.61. The largest absolute Gasteiger partial charge is 0.454 e. The van der Waals surface area contributed by atoms with E-state index in [1.807, 2.05) is 6.07 Å². The molecule has 0 saturated carbocycles. The van der Waals surface area contributed by atoms with Gasteiger partial charge in [0.15, 0.2) is 6.10 Å². The third kappa shape index (κ3) is 7.45. The van der Waals surface area contributed by atoms with E-state index in [1.54, 1.807) is 84.9 Å². The molecule has 8 atom stereocenters. The van der Waals surface area contributed by atoms with Crippen LogP contribution in [-0.2, 0) is 48.2 Å². The molecule has 0 bridgehead atoms. The molecule has 1 aliphatic rings. The smallest absolute Gasteiger partial charge is 0.303 e. The number of carbonyl (C=O) groups excluding carboxylic acids is 1. The zero-order valence-corrected chi connectivity index (χ0v) is 19.8. The van der Waals surface area contributed by atoms with E-state index >= 15 is 4.39 Å². The fourth-order valence-corrected chi connectivity index (χ4v) is 3.78. The Morgan fingerprint density at radius 3 is 1.75 bits per heavy atom. The Hall–Kier alpha value is -3.10. The summed E-state index contributed by atoms with van der Waals surface area (Å²) in [5.74, 6) is -0.768. The van der Waals surface area contributed by atoms with E-state index in [1.165, 1.54) is 0 Å². The SMILES string of the molecule is [2H]C(OC[C@H]1OC(F)[C@@H](OC(C)=O)[C@@H](OC([2H])c2ccccc2)[C@@H]1OC([2H])c1ccccc1)c1ccccc1. The number of hydrogen-bond donors (Lipinski definition) is 0. The molecule has 1 saturated heterocycles. The van der Waals surface area contributed by atoms with E-state index in [-0.39, 0.29) is 6.61 Å². The van der Waals surface area contributed by atoms with Gasteiger partial charge in [-0.05, 0) is 16.7 Å². The summed E-state index contributed by atoms with van der Waals surface area (Å²) in [6, 6.07) is 26.2. The first kappa shape index (κ1) is 22.1. The number of carbonyl (C=O) groups is 1. The van der Waals surface area contributed by atoms with Crippen molar-refractivity contribution < 1.29 is 37.0 Å². The Balaban J connectivity index is 1.63. The number of ether oxygens (including phenoxy) is 5. The van der Waals surface area contributed by atoms with E-state index in [0.29, 0.717) is 16.7 Å². The van der Waals surface area contributed by atoms with Gasteiger partial charge in [0.05, 0.1) is 30.5 Å². The van der Waals surface area contributed by atoms with Gasteiger partial charge < -0.3 is 23.7 Å². The van der Waals surface area contributed by atoms with E-state index in [2.05, 4.69) is 0 Å². The molecule has 0 radical (unpaired) electrons. The number of esters is 1. The summed E-state index contributed by atoms with van der Waals surface area (Å²) < 4.78 is 69.5. The highest BCUT2D eigenvalue weighted by molar-refractivity contribution is 5.66. The van der Waals surface area contributed by atoms with E-state index in [9.17, 15) is 4.79 Å². The third-order valence-corrected chi connectivity index (χ3v) is 5.48. The molecule has 0 aliphatic carbocycles. The lowest BCUT2D eigenvalue weighted by Gasteiger charge is -2.43. The Kier molecular flexibility index (Phi) is 8.16. The van der Waals surface area contributed by atoms with Crippen LogP contribution in [0, 0.1) is 0 Å². The Bertz CT molecular complexity index is 1160. The molecule has 4 unspecified atom stereocenters. The maximum atomic E-state index is 15.4. The first-order valence-corrected chi connectivity index (χ1v) is 11.6. The van der Waals surface area contributed by atoms with Crippen LogP contribution in [0.5, 0.6) is 0 Å². The van der Waals surface area contributed by atoms with Crippen LogP contribution in [0.2, 0.25) is 0 Å². The minimum absolute atomic E-state index is 0.281. The maximum Gasteiger partial charge on any atom is 0.303 e. The van der Waals surface area contributed by atoms with Gasteiger partial charge in [0, 0.05) is 6.92 Å². The first-order valence-electron chi connectivity index (χ1n) is 13.4. The van der Waals surface area contributed by atoms with Crippen LogP contribution in [0.15, 0.2) is 91.0 Å². The summed E-state index contributed by atoms with van der Waals surface area (Å²) in [6.07, 6.45) is -7.36. The Labute approximate surface area is 215 Å². The standard InChI is InChI=1S/C29H31FO6/c1-21(31)35-28-27(34-19-24-15-9-4-10-16-24)26(33-18-23-13-7-3-8-14-23)25(36-29(28)30)20-32-17-22-11-5-2-6-12-22/h2-16,25-29H,17-20H2,1H3/t25-,26-,27+,28+,29?/m1/s1/i17D,18D,19D/t17?,18?,19?,25-,26-,27+,28+,29?. The average molecular weight is 498 g/mol. The monoisotopic (exact) mass is 497 g/mol. The van der Waals surface area contributed by atoms with Crippen molar-refractivity contribution in [2.45, 2.75) is 57.4 Å². The molecule has 4 rings (SSSR count). The number of benzene rings is 3. The van der Waals surface area contributed by atoms with Crippen LogP contribution in [0.4, 0.5) is 4.39 Å². The van der Waals surface area contributed by atoms with Crippen molar-refractivity contribution in [1.29, 1.82) is 0 Å². The minimum atomic E-state index is -2.13. The Morgan fingerprint density at radius 1 is 0.778 bits per heavy atom. The quantitative estimate of drug-likeness (QED) is 0.348. The van der Waals surface area contributed by atoms with Gasteiger partial charge in [-0.15, -0.1) is 0 Å². The van der Waals surface area contributed by atoms with Gasteiger partial charge in [-0.3, -0.25) is 4.79 Å². The lowest BCUT2D eigenvalue weighted by Crippen LogP contribution is -2.60. The lowest BCUT2D eigenvalue weighted by atomic mass is 9.98. The minimum Gasteiger partial charge on any atom is -0.454 e. The molecule has 0 aromatic heterocycles. The topological polar surface area (TPSA) is 63.2 Å². The molecule has 190 valence electrons. The molecular formula is C29H31FO6. The van der Waals surface area contributed by atoms with Crippen LogP contribution in [0.25, 0.3) is 0 Å². The molecule has 6 nitrogen and oxygen atoms in total. The van der Waals surface area contributed by atoms with Crippen LogP contribution >= 0.6 is 0 Å². The van der Waals surface area contributed by atoms with Gasteiger partial charge in [0.25, 0.3) is 0 Å². The fourth-order valence-electron chi connectivity index (χ4n) is 3.78. The summed E-state index contributed by atoms with van der Waals surface area (Å²) in [4.78, 5) is 11.9. The number of alkyl halides is 1. The van der Waals surface area contributed by atoms with Crippen LogP contribution in [0.3, 0.4) is 0 Å². The summed E-state index contributed by atoms with van der Waals surface area (Å²) >= 11 is 0. The van der Waals surface area contributed by atoms with Crippen LogP contribution in [0.1, 0.15) is 27.7 Å². The molecule has 0 N–H and O–H groups in total. The van der Waals surface area contributed by atoms with Crippen LogP contribution in [-0.4, -0.2) is 43.3 Å². The zero-order chi connectivity index (χ0) is 27.8. The molecule has 3 aromatic carbocycles. The van der Waals surface area contributed by atoms with Crippen molar-refractivity contribution in [2.24, 2.45) is 0 Å². The highest BCUT2D eigenvalue weighted by atomic mass is 19.1. The molecule has 0 amide bonds. The Morgan fingerprint density at radius 2 is 1.25 bits per heavy atom. The summed E-state index contributed by atoms with van der Waals surface area (Å²) in [6.45, 7) is -2.75. The first-order chi connectivity index (χ1) is 18.8. The summed E-state index contributed by atoms with van der Waals surface area (Å²) in [5, 5.41) is 0. The van der Waals surface area contributed by atoms with Gasteiger partial charge in [-0.2, -0.15) is 0 Å². The second-order valence-corrected chi connectivity index (χ2v) is 8.22. The molecule has 1 aliphatic heterocycles. The van der Waals surface area contributed by atoms with Crippen molar-refractivity contribution in [3.05, 3.63) is 108 Å². The van der Waals surface area contributed by atoms with Gasteiger partial charge >= 0.3 is 5.97 Å². The number of rotatable bonds is 11. The van der Waals surface area contributed by atoms with Crippen molar-refractivity contribution in [2.75, 3.05) is 6.61 Å². The van der Waals surface area contributed by atoms with Crippen molar-refractivity contribution in [3.63, 3.8) is 0 Å². The van der Waals surface area contributed by atoms with E-state index in [0.717, 1.165) is 6.92 Å². The molecule has 1 heterocycles. The van der Waals surface area contributed by atoms with Gasteiger partial charge in [0.1, 0.15) is 18.3 Å². The predicted octanol–water partition coefficient (Wildman–Crippen LogP) is 5.00. The lowest BCUT2D eigenvalue weighted by molar-refractivity contribution is -0.291. The highest BCUT2D eigenvalue weighted by Crippen LogP contribution is 2.31. The normalized spacial score (nSPS) is 27.6. The highest BCUT2D eigenvalue weighted by Gasteiger charge is 2.50. The molecule has 1 fully saturated rings. The fraction of sp³-hybridized carbons (Fsp3) is 0.345. The molecule has 7 heteroatoms. The number of hydrogen-bond acceptors (Lipinski definition) is 6. The second kappa shape index (κ2) is 13.3.